The number of carbonyl (C=O) groups is 3. The Morgan fingerprint density at radius 2 is 1.75 bits per heavy atom. The number of aliphatic hydroxyl groups is 1. The van der Waals surface area contributed by atoms with Crippen LogP contribution in [0.5, 0.6) is 0 Å². The molecule has 1 aliphatic heterocycles. The van der Waals surface area contributed by atoms with Gasteiger partial charge in [-0.3, -0.25) is 29.1 Å². The van der Waals surface area contributed by atoms with E-state index in [0.717, 1.165) is 44.8 Å². The van der Waals surface area contributed by atoms with Crippen LogP contribution in [0.4, 0.5) is 0 Å². The molecule has 1 fully saturated rings. The van der Waals surface area contributed by atoms with Crippen molar-refractivity contribution in [2.24, 2.45) is 0 Å². The van der Waals surface area contributed by atoms with Crippen molar-refractivity contribution in [1.82, 2.24) is 24.6 Å². The fourth-order valence-electron chi connectivity index (χ4n) is 5.05. The Morgan fingerprint density at radius 3 is 2.27 bits per heavy atom. The van der Waals surface area contributed by atoms with Crippen LogP contribution in [0.25, 0.3) is 0 Å². The summed E-state index contributed by atoms with van der Waals surface area (Å²) in [6.45, 7) is 15.2. The summed E-state index contributed by atoms with van der Waals surface area (Å²) in [5.74, 6) is -5.02. The second-order valence-electron chi connectivity index (χ2n) is 10.3. The van der Waals surface area contributed by atoms with Gasteiger partial charge < -0.3 is 20.4 Å². The average molecular weight is 562 g/mol. The highest BCUT2D eigenvalue weighted by molar-refractivity contribution is 5.88. The third kappa shape index (κ3) is 9.68. The smallest absolute Gasteiger partial charge is 0.336 e. The van der Waals surface area contributed by atoms with E-state index < -0.39 is 36.4 Å². The van der Waals surface area contributed by atoms with Crippen LogP contribution in [0, 0.1) is 13.8 Å². The van der Waals surface area contributed by atoms with E-state index in [0.29, 0.717) is 6.04 Å². The minimum atomic E-state index is -2.74. The maximum Gasteiger partial charge on any atom is 0.336 e. The van der Waals surface area contributed by atoms with E-state index in [2.05, 4.69) is 59.3 Å². The molecule has 1 atom stereocenters. The number of pyridine rings is 1. The molecule has 3 rings (SSSR count). The number of aliphatic carboxylic acids is 3. The number of hydrogen-bond donors (Lipinski definition) is 4. The van der Waals surface area contributed by atoms with Gasteiger partial charge in [0.2, 0.25) is 0 Å². The van der Waals surface area contributed by atoms with E-state index in [4.69, 9.17) is 25.5 Å². The van der Waals surface area contributed by atoms with Gasteiger partial charge in [0, 0.05) is 49.7 Å². The molecule has 0 saturated carbocycles. The zero-order chi connectivity index (χ0) is 29.9. The lowest BCUT2D eigenvalue weighted by atomic mass is 9.96. The molecule has 0 aliphatic carbocycles. The van der Waals surface area contributed by atoms with Crippen molar-refractivity contribution in [1.29, 1.82) is 0 Å². The standard InChI is InChI=1S/C22H35N5.C6H8O7/c1-5-13-27-19(4)22(18(3)24-27)17-25(15-20-10-7-8-12-23-20)16-21-11-9-14-26(21)6-2;7-3(8)1-6(13,5(11)12)2-4(9)10/h7-8,10,12,21H,5-6,9,11,13-17H2,1-4H3;13H,1-2H2,(H,7,8)(H,9,10)(H,11,12). The highest BCUT2D eigenvalue weighted by Gasteiger charge is 2.40. The van der Waals surface area contributed by atoms with Crippen molar-refractivity contribution in [2.45, 2.75) is 91.1 Å². The van der Waals surface area contributed by atoms with Crippen molar-refractivity contribution in [3.8, 4) is 0 Å². The normalized spacial score (nSPS) is 15.6. The Labute approximate surface area is 235 Å². The van der Waals surface area contributed by atoms with Crippen LogP contribution >= 0.6 is 0 Å². The summed E-state index contributed by atoms with van der Waals surface area (Å²) >= 11 is 0. The monoisotopic (exact) mass is 561 g/mol. The molecule has 222 valence electrons. The predicted octanol–water partition coefficient (Wildman–Crippen LogP) is 2.54. The van der Waals surface area contributed by atoms with Gasteiger partial charge >= 0.3 is 17.9 Å². The number of aryl methyl sites for hydroxylation is 2. The first kappa shape index (κ1) is 32.9. The zero-order valence-corrected chi connectivity index (χ0v) is 23.9. The number of carboxylic acids is 3. The topological polar surface area (TPSA) is 169 Å². The number of nitrogens with zero attached hydrogens (tertiary/aromatic N) is 5. The van der Waals surface area contributed by atoms with Crippen molar-refractivity contribution in [3.63, 3.8) is 0 Å². The van der Waals surface area contributed by atoms with Gasteiger partial charge in [-0.15, -0.1) is 0 Å². The summed E-state index contributed by atoms with van der Waals surface area (Å²) in [6, 6.07) is 6.88. The lowest BCUT2D eigenvalue weighted by molar-refractivity contribution is -0.170. The molecule has 1 aliphatic rings. The molecule has 2 aromatic rings. The Hall–Kier alpha value is -3.35. The Morgan fingerprint density at radius 1 is 1.07 bits per heavy atom. The molecular formula is C28H43N5O7. The van der Waals surface area contributed by atoms with Gasteiger partial charge in [-0.05, 0) is 58.3 Å². The molecule has 3 heterocycles. The molecule has 0 radical (unpaired) electrons. The summed E-state index contributed by atoms with van der Waals surface area (Å²) in [5.41, 5.74) is 2.29. The van der Waals surface area contributed by atoms with Crippen molar-refractivity contribution >= 4 is 17.9 Å². The summed E-state index contributed by atoms with van der Waals surface area (Å²) in [4.78, 5) is 40.3. The van der Waals surface area contributed by atoms with Crippen molar-refractivity contribution < 1.29 is 34.8 Å². The minimum absolute atomic E-state index is 0.657. The fourth-order valence-corrected chi connectivity index (χ4v) is 5.05. The highest BCUT2D eigenvalue weighted by Crippen LogP contribution is 2.22. The van der Waals surface area contributed by atoms with Gasteiger partial charge in [0.05, 0.1) is 24.2 Å². The van der Waals surface area contributed by atoms with Crippen LogP contribution in [-0.2, 0) is 34.0 Å². The second kappa shape index (κ2) is 15.4. The van der Waals surface area contributed by atoms with E-state index in [1.165, 1.54) is 36.3 Å². The first-order valence-corrected chi connectivity index (χ1v) is 13.7. The number of carboxylic acid groups (broad SMARTS) is 3. The molecule has 0 spiro atoms. The predicted molar refractivity (Wildman–Crippen MR) is 148 cm³/mol. The van der Waals surface area contributed by atoms with Crippen LogP contribution in [0.2, 0.25) is 0 Å². The molecule has 2 aromatic heterocycles. The summed E-state index contributed by atoms with van der Waals surface area (Å²) in [7, 11) is 0. The number of likely N-dealkylation sites (tertiary alicyclic amines) is 1. The summed E-state index contributed by atoms with van der Waals surface area (Å²) < 4.78 is 2.18. The molecule has 0 amide bonds. The van der Waals surface area contributed by atoms with Gasteiger partial charge in [0.1, 0.15) is 0 Å². The number of rotatable bonds is 14. The SMILES string of the molecule is CCCn1nc(C)c(CN(Cc2ccccn2)CC2CCCN2CC)c1C.O=C(O)CC(O)(CC(=O)O)C(=O)O. The maximum absolute atomic E-state index is 10.3. The Kier molecular flexibility index (Phi) is 12.7. The van der Waals surface area contributed by atoms with Crippen molar-refractivity contribution in [3.05, 3.63) is 47.0 Å². The fraction of sp³-hybridized carbons (Fsp3) is 0.607. The molecule has 1 saturated heterocycles. The third-order valence-corrected chi connectivity index (χ3v) is 7.12. The van der Waals surface area contributed by atoms with Crippen LogP contribution in [0.15, 0.2) is 24.4 Å². The summed E-state index contributed by atoms with van der Waals surface area (Å²) in [5, 5.41) is 38.6. The molecule has 12 nitrogen and oxygen atoms in total. The number of likely N-dealkylation sites (N-methyl/N-ethyl adjacent to an activating group) is 1. The average Bonchev–Trinajstić information content (AvgIpc) is 3.43. The lowest BCUT2D eigenvalue weighted by Gasteiger charge is -2.30. The molecule has 12 heteroatoms. The molecule has 4 N–H and O–H groups in total. The van der Waals surface area contributed by atoms with E-state index >= 15 is 0 Å². The van der Waals surface area contributed by atoms with Crippen LogP contribution in [0.1, 0.15) is 68.6 Å². The molecule has 1 unspecified atom stereocenters. The van der Waals surface area contributed by atoms with E-state index in [-0.39, 0.29) is 0 Å². The van der Waals surface area contributed by atoms with E-state index in [1.54, 1.807) is 0 Å². The second-order valence-corrected chi connectivity index (χ2v) is 10.3. The van der Waals surface area contributed by atoms with Gasteiger partial charge in [-0.2, -0.15) is 5.10 Å². The maximum atomic E-state index is 10.3. The summed E-state index contributed by atoms with van der Waals surface area (Å²) in [6.07, 6.45) is 3.36. The minimum Gasteiger partial charge on any atom is -0.481 e. The largest absolute Gasteiger partial charge is 0.481 e. The lowest BCUT2D eigenvalue weighted by Crippen LogP contribution is -2.42. The third-order valence-electron chi connectivity index (χ3n) is 7.12. The highest BCUT2D eigenvalue weighted by atomic mass is 16.4. The first-order valence-electron chi connectivity index (χ1n) is 13.7. The Bertz CT molecular complexity index is 1110. The van der Waals surface area contributed by atoms with Crippen LogP contribution < -0.4 is 0 Å². The molecular weight excluding hydrogens is 518 g/mol. The zero-order valence-electron chi connectivity index (χ0n) is 23.9. The molecule has 0 aromatic carbocycles. The van der Waals surface area contributed by atoms with Crippen LogP contribution in [-0.4, -0.2) is 94.2 Å². The van der Waals surface area contributed by atoms with E-state index in [1.807, 2.05) is 12.3 Å². The van der Waals surface area contributed by atoms with Gasteiger partial charge in [0.15, 0.2) is 5.60 Å². The van der Waals surface area contributed by atoms with Crippen molar-refractivity contribution in [2.75, 3.05) is 19.6 Å². The molecule has 0 bridgehead atoms. The Balaban J connectivity index is 0.000000366. The van der Waals surface area contributed by atoms with Gasteiger partial charge in [-0.25, -0.2) is 4.79 Å². The number of aromatic nitrogens is 3. The van der Waals surface area contributed by atoms with E-state index in [9.17, 15) is 14.4 Å². The van der Waals surface area contributed by atoms with Gasteiger partial charge in [-0.1, -0.05) is 19.9 Å². The first-order chi connectivity index (χ1) is 18.9. The van der Waals surface area contributed by atoms with Crippen LogP contribution in [0.3, 0.4) is 0 Å². The number of hydrogen-bond acceptors (Lipinski definition) is 8. The van der Waals surface area contributed by atoms with Gasteiger partial charge in [0.25, 0.3) is 0 Å². The molecule has 40 heavy (non-hydrogen) atoms. The quantitative estimate of drug-likeness (QED) is 0.267.